The normalized spacial score (nSPS) is 12.2. The molecule has 1 atom stereocenters. The molecule has 2 rings (SSSR count). The molecule has 0 aromatic heterocycles. The fourth-order valence-electron chi connectivity index (χ4n) is 1.97. The highest BCUT2D eigenvalue weighted by atomic mass is 79.9. The van der Waals surface area contributed by atoms with E-state index < -0.39 is 0 Å². The van der Waals surface area contributed by atoms with Gasteiger partial charge in [0.15, 0.2) is 0 Å². The second-order valence-electron chi connectivity index (χ2n) is 4.72. The number of hydrogen-bond acceptors (Lipinski definition) is 2. The van der Waals surface area contributed by atoms with E-state index in [-0.39, 0.29) is 0 Å². The Kier molecular flexibility index (Phi) is 5.64. The average Bonchev–Trinajstić information content (AvgIpc) is 2.43. The molecule has 0 bridgehead atoms. The highest BCUT2D eigenvalue weighted by Gasteiger charge is 2.06. The van der Waals surface area contributed by atoms with Crippen LogP contribution in [-0.4, -0.2) is 6.54 Å². The molecule has 0 aliphatic heterocycles. The number of ether oxygens (including phenoxy) is 1. The van der Waals surface area contributed by atoms with Crippen molar-refractivity contribution in [2.45, 2.75) is 19.3 Å². The monoisotopic (exact) mass is 397 g/mol. The van der Waals surface area contributed by atoms with Crippen molar-refractivity contribution in [2.75, 3.05) is 6.54 Å². The number of hydrogen-bond donors (Lipinski definition) is 1. The van der Waals surface area contributed by atoms with Gasteiger partial charge in [0.1, 0.15) is 11.5 Å². The first-order valence-corrected chi connectivity index (χ1v) is 8.11. The third-order valence-corrected chi connectivity index (χ3v) is 4.28. The largest absolute Gasteiger partial charge is 0.456 e. The minimum absolute atomic E-state index is 0.480. The lowest BCUT2D eigenvalue weighted by molar-refractivity contribution is 0.479. The van der Waals surface area contributed by atoms with E-state index in [0.29, 0.717) is 12.5 Å². The van der Waals surface area contributed by atoms with E-state index in [1.165, 1.54) is 5.56 Å². The lowest BCUT2D eigenvalue weighted by Crippen LogP contribution is -2.04. The topological polar surface area (TPSA) is 35.2 Å². The second-order valence-corrected chi connectivity index (χ2v) is 6.49. The molecule has 2 N–H and O–H groups in total. The van der Waals surface area contributed by atoms with Crippen LogP contribution in [0.1, 0.15) is 24.8 Å². The van der Waals surface area contributed by atoms with E-state index in [2.05, 4.69) is 50.9 Å². The molecule has 0 amide bonds. The molecule has 0 radical (unpaired) electrons. The SMILES string of the molecule is CC(CCN)c1ccc(Oc2ccc(Br)cc2Br)cc1. The molecule has 0 aliphatic carbocycles. The highest BCUT2D eigenvalue weighted by Crippen LogP contribution is 2.32. The maximum absolute atomic E-state index is 5.87. The minimum atomic E-state index is 0.480. The first-order chi connectivity index (χ1) is 9.60. The maximum Gasteiger partial charge on any atom is 0.141 e. The van der Waals surface area contributed by atoms with Crippen molar-refractivity contribution in [2.24, 2.45) is 5.73 Å². The Hall–Kier alpha value is -0.840. The Morgan fingerprint density at radius 3 is 2.40 bits per heavy atom. The van der Waals surface area contributed by atoms with Crippen molar-refractivity contribution in [1.29, 1.82) is 0 Å². The molecule has 0 fully saturated rings. The Labute approximate surface area is 136 Å². The molecule has 0 saturated carbocycles. The molecule has 4 heteroatoms. The van der Waals surface area contributed by atoms with Crippen LogP contribution < -0.4 is 10.5 Å². The van der Waals surface area contributed by atoms with Crippen LogP contribution in [0.4, 0.5) is 0 Å². The zero-order valence-electron chi connectivity index (χ0n) is 11.3. The molecule has 2 aromatic rings. The molecule has 0 heterocycles. The van der Waals surface area contributed by atoms with Crippen LogP contribution in [0.3, 0.4) is 0 Å². The van der Waals surface area contributed by atoms with Crippen LogP contribution >= 0.6 is 31.9 Å². The zero-order chi connectivity index (χ0) is 14.5. The van der Waals surface area contributed by atoms with Crippen molar-refractivity contribution in [3.8, 4) is 11.5 Å². The van der Waals surface area contributed by atoms with E-state index in [4.69, 9.17) is 10.5 Å². The van der Waals surface area contributed by atoms with E-state index in [1.54, 1.807) is 0 Å². The van der Waals surface area contributed by atoms with Gasteiger partial charge in [-0.15, -0.1) is 0 Å². The van der Waals surface area contributed by atoms with Gasteiger partial charge in [-0.1, -0.05) is 35.0 Å². The van der Waals surface area contributed by atoms with Crippen molar-refractivity contribution in [1.82, 2.24) is 0 Å². The van der Waals surface area contributed by atoms with Gasteiger partial charge in [0.05, 0.1) is 4.47 Å². The number of benzene rings is 2. The van der Waals surface area contributed by atoms with Crippen molar-refractivity contribution < 1.29 is 4.74 Å². The number of nitrogens with two attached hydrogens (primary N) is 1. The summed E-state index contributed by atoms with van der Waals surface area (Å²) in [5, 5.41) is 0. The van der Waals surface area contributed by atoms with Crippen LogP contribution in [0, 0.1) is 0 Å². The minimum Gasteiger partial charge on any atom is -0.456 e. The van der Waals surface area contributed by atoms with E-state index in [1.807, 2.05) is 30.3 Å². The predicted molar refractivity (Wildman–Crippen MR) is 90.4 cm³/mol. The first-order valence-electron chi connectivity index (χ1n) is 6.53. The Morgan fingerprint density at radius 1 is 1.10 bits per heavy atom. The third-order valence-electron chi connectivity index (χ3n) is 3.17. The third kappa shape index (κ3) is 4.08. The lowest BCUT2D eigenvalue weighted by atomic mass is 9.98. The summed E-state index contributed by atoms with van der Waals surface area (Å²) in [4.78, 5) is 0. The van der Waals surface area contributed by atoms with Crippen molar-refractivity contribution in [3.63, 3.8) is 0 Å². The Morgan fingerprint density at radius 2 is 1.80 bits per heavy atom. The molecule has 1 unspecified atom stereocenters. The predicted octanol–water partition coefficient (Wildman–Crippen LogP) is 5.46. The van der Waals surface area contributed by atoms with E-state index in [9.17, 15) is 0 Å². The summed E-state index contributed by atoms with van der Waals surface area (Å²) in [6.07, 6.45) is 0.998. The highest BCUT2D eigenvalue weighted by molar-refractivity contribution is 9.11. The first kappa shape index (κ1) is 15.5. The van der Waals surface area contributed by atoms with Crippen LogP contribution in [0.15, 0.2) is 51.4 Å². The summed E-state index contributed by atoms with van der Waals surface area (Å²) in [6, 6.07) is 14.0. The zero-order valence-corrected chi connectivity index (χ0v) is 14.4. The standard InChI is InChI=1S/C16H17Br2NO/c1-11(8-9-19)12-2-5-14(6-3-12)20-16-7-4-13(17)10-15(16)18/h2-7,10-11H,8-9,19H2,1H3. The molecule has 20 heavy (non-hydrogen) atoms. The van der Waals surface area contributed by atoms with E-state index >= 15 is 0 Å². The molecule has 106 valence electrons. The Bertz CT molecular complexity index is 569. The number of halogens is 2. The van der Waals surface area contributed by atoms with Gasteiger partial charge in [0, 0.05) is 4.47 Å². The van der Waals surface area contributed by atoms with Gasteiger partial charge < -0.3 is 10.5 Å². The summed E-state index contributed by atoms with van der Waals surface area (Å²) in [5.41, 5.74) is 6.88. The molecular weight excluding hydrogens is 382 g/mol. The van der Waals surface area contributed by atoms with Gasteiger partial charge in [-0.3, -0.25) is 0 Å². The smallest absolute Gasteiger partial charge is 0.141 e. The van der Waals surface area contributed by atoms with Crippen LogP contribution in [0.5, 0.6) is 11.5 Å². The fraction of sp³-hybridized carbons (Fsp3) is 0.250. The molecule has 0 saturated heterocycles. The van der Waals surface area contributed by atoms with Crippen LogP contribution in [-0.2, 0) is 0 Å². The molecular formula is C16H17Br2NO. The van der Waals surface area contributed by atoms with Gasteiger partial charge in [0.2, 0.25) is 0 Å². The van der Waals surface area contributed by atoms with Gasteiger partial charge in [-0.05, 0) is 70.7 Å². The van der Waals surface area contributed by atoms with Gasteiger partial charge in [-0.25, -0.2) is 0 Å². The van der Waals surface area contributed by atoms with E-state index in [0.717, 1.165) is 26.9 Å². The van der Waals surface area contributed by atoms with Crippen molar-refractivity contribution in [3.05, 3.63) is 57.0 Å². The Balaban J connectivity index is 2.10. The summed E-state index contributed by atoms with van der Waals surface area (Å²) in [5.74, 6) is 2.11. The summed E-state index contributed by atoms with van der Waals surface area (Å²) < 4.78 is 7.81. The average molecular weight is 399 g/mol. The maximum atomic E-state index is 5.87. The van der Waals surface area contributed by atoms with Crippen molar-refractivity contribution >= 4 is 31.9 Å². The van der Waals surface area contributed by atoms with Gasteiger partial charge in [-0.2, -0.15) is 0 Å². The van der Waals surface area contributed by atoms with Gasteiger partial charge in [0.25, 0.3) is 0 Å². The summed E-state index contributed by atoms with van der Waals surface area (Å²) in [7, 11) is 0. The van der Waals surface area contributed by atoms with Crippen LogP contribution in [0.25, 0.3) is 0 Å². The fourth-order valence-corrected chi connectivity index (χ4v) is 3.09. The molecule has 2 nitrogen and oxygen atoms in total. The lowest BCUT2D eigenvalue weighted by Gasteiger charge is -2.12. The van der Waals surface area contributed by atoms with Gasteiger partial charge >= 0.3 is 0 Å². The molecule has 0 aliphatic rings. The summed E-state index contributed by atoms with van der Waals surface area (Å²) >= 11 is 6.92. The van der Waals surface area contributed by atoms with Crippen LogP contribution in [0.2, 0.25) is 0 Å². The molecule has 0 spiro atoms. The molecule has 2 aromatic carbocycles. The quantitative estimate of drug-likeness (QED) is 0.725. The summed E-state index contributed by atoms with van der Waals surface area (Å²) in [6.45, 7) is 2.90. The number of rotatable bonds is 5. The second kappa shape index (κ2) is 7.25.